The van der Waals surface area contributed by atoms with Gasteiger partial charge in [0.25, 0.3) is 0 Å². The number of aromatic amines is 1. The van der Waals surface area contributed by atoms with Crippen molar-refractivity contribution in [3.63, 3.8) is 0 Å². The molecule has 5 nitrogen and oxygen atoms in total. The Morgan fingerprint density at radius 2 is 1.77 bits per heavy atom. The van der Waals surface area contributed by atoms with Crippen LogP contribution in [0.25, 0.3) is 11.4 Å². The number of methoxy groups -OCH3 is 1. The third kappa shape index (κ3) is 2.53. The van der Waals surface area contributed by atoms with Crippen molar-refractivity contribution < 1.29 is 27.1 Å². The maximum atomic E-state index is 13.8. The number of alkyl halides is 4. The van der Waals surface area contributed by atoms with Gasteiger partial charge in [0.1, 0.15) is 0 Å². The third-order valence-electron chi connectivity index (χ3n) is 2.93. The van der Waals surface area contributed by atoms with Gasteiger partial charge in [-0.3, -0.25) is 5.10 Å². The maximum Gasteiger partial charge on any atom is 0.412 e. The van der Waals surface area contributed by atoms with Gasteiger partial charge in [0.05, 0.1) is 7.11 Å². The van der Waals surface area contributed by atoms with Crippen LogP contribution in [0.1, 0.15) is 11.4 Å². The first-order valence-corrected chi connectivity index (χ1v) is 6.04. The van der Waals surface area contributed by atoms with Gasteiger partial charge >= 0.3 is 17.8 Å². The number of aromatic nitrogens is 3. The standard InChI is InChI=1S/C13H11F4N3O2/c1-7-3-5-8(6-4-7)9-18-10(20-19-9)12(14,15)13(16,17)11(21)22-2/h3-6H,1-2H3,(H,18,19,20). The molecule has 0 unspecified atom stereocenters. The van der Waals surface area contributed by atoms with Crippen molar-refractivity contribution in [2.24, 2.45) is 0 Å². The van der Waals surface area contributed by atoms with Crippen LogP contribution in [0.15, 0.2) is 24.3 Å². The topological polar surface area (TPSA) is 67.9 Å². The molecule has 0 aliphatic rings. The summed E-state index contributed by atoms with van der Waals surface area (Å²) in [7, 11) is 0.588. The number of ether oxygens (including phenoxy) is 1. The van der Waals surface area contributed by atoms with E-state index in [9.17, 15) is 22.4 Å². The molecular formula is C13H11F4N3O2. The van der Waals surface area contributed by atoms with Crippen molar-refractivity contribution in [3.05, 3.63) is 35.7 Å². The molecule has 0 bridgehead atoms. The Bertz CT molecular complexity index is 683. The van der Waals surface area contributed by atoms with Crippen LogP contribution in [0.3, 0.4) is 0 Å². The molecule has 2 rings (SSSR count). The average Bonchev–Trinajstić information content (AvgIpc) is 2.97. The van der Waals surface area contributed by atoms with E-state index in [2.05, 4.69) is 14.8 Å². The Morgan fingerprint density at radius 1 is 1.18 bits per heavy atom. The number of benzene rings is 1. The molecule has 0 radical (unpaired) electrons. The number of hydrogen-bond donors (Lipinski definition) is 1. The number of nitrogens with one attached hydrogen (secondary N) is 1. The number of hydrogen-bond acceptors (Lipinski definition) is 4. The lowest BCUT2D eigenvalue weighted by Crippen LogP contribution is -2.46. The molecule has 0 atom stereocenters. The van der Waals surface area contributed by atoms with Gasteiger partial charge in [0.2, 0.25) is 5.82 Å². The van der Waals surface area contributed by atoms with E-state index in [1.807, 2.05) is 6.92 Å². The van der Waals surface area contributed by atoms with Crippen LogP contribution in [0.4, 0.5) is 17.6 Å². The second-order valence-corrected chi connectivity index (χ2v) is 4.51. The molecule has 1 N–H and O–H groups in total. The first-order valence-electron chi connectivity index (χ1n) is 6.04. The molecule has 0 amide bonds. The molecule has 0 fully saturated rings. The molecule has 1 aromatic carbocycles. The van der Waals surface area contributed by atoms with Crippen LogP contribution in [-0.2, 0) is 15.5 Å². The summed E-state index contributed by atoms with van der Waals surface area (Å²) in [5.74, 6) is -13.9. The Labute approximate surface area is 122 Å². The summed E-state index contributed by atoms with van der Waals surface area (Å²) >= 11 is 0. The number of esters is 1. The Kier molecular flexibility index (Phi) is 3.90. The highest BCUT2D eigenvalue weighted by atomic mass is 19.3. The van der Waals surface area contributed by atoms with Gasteiger partial charge in [-0.15, -0.1) is 0 Å². The molecule has 0 saturated carbocycles. The highest BCUT2D eigenvalue weighted by Crippen LogP contribution is 2.42. The van der Waals surface area contributed by atoms with E-state index in [-0.39, 0.29) is 5.82 Å². The third-order valence-corrected chi connectivity index (χ3v) is 2.93. The Hall–Kier alpha value is -2.45. The summed E-state index contributed by atoms with van der Waals surface area (Å²) in [6.07, 6.45) is 0. The SMILES string of the molecule is COC(=O)C(F)(F)C(F)(F)c1nc(-c2ccc(C)cc2)n[nH]1. The normalized spacial score (nSPS) is 12.3. The maximum absolute atomic E-state index is 13.8. The number of H-pyrrole nitrogens is 1. The largest absolute Gasteiger partial charge is 0.464 e. The zero-order valence-electron chi connectivity index (χ0n) is 11.5. The molecule has 118 valence electrons. The van der Waals surface area contributed by atoms with Gasteiger partial charge in [0.15, 0.2) is 5.82 Å². The van der Waals surface area contributed by atoms with E-state index in [1.165, 1.54) is 0 Å². The number of carbonyl (C=O) groups excluding carboxylic acids is 1. The van der Waals surface area contributed by atoms with Crippen LogP contribution in [-0.4, -0.2) is 34.2 Å². The average molecular weight is 317 g/mol. The number of rotatable bonds is 4. The molecule has 22 heavy (non-hydrogen) atoms. The van der Waals surface area contributed by atoms with E-state index in [1.54, 1.807) is 29.4 Å². The highest BCUT2D eigenvalue weighted by molar-refractivity contribution is 5.79. The summed E-state index contributed by atoms with van der Waals surface area (Å²) in [4.78, 5) is 14.2. The molecule has 9 heteroatoms. The van der Waals surface area contributed by atoms with Gasteiger partial charge in [-0.2, -0.15) is 22.7 Å². The molecule has 0 aliphatic carbocycles. The zero-order valence-corrected chi connectivity index (χ0v) is 11.5. The predicted molar refractivity (Wildman–Crippen MR) is 67.4 cm³/mol. The summed E-state index contributed by atoms with van der Waals surface area (Å²) in [6, 6.07) is 6.48. The van der Waals surface area contributed by atoms with Crippen LogP contribution < -0.4 is 0 Å². The van der Waals surface area contributed by atoms with Gasteiger partial charge < -0.3 is 4.74 Å². The number of aryl methyl sites for hydroxylation is 1. The van der Waals surface area contributed by atoms with Crippen LogP contribution in [0.2, 0.25) is 0 Å². The van der Waals surface area contributed by atoms with E-state index < -0.39 is 23.6 Å². The van der Waals surface area contributed by atoms with E-state index in [0.29, 0.717) is 12.7 Å². The van der Waals surface area contributed by atoms with Crippen LogP contribution >= 0.6 is 0 Å². The molecule has 1 aromatic heterocycles. The minimum atomic E-state index is -5.06. The van der Waals surface area contributed by atoms with Crippen molar-refractivity contribution in [3.8, 4) is 11.4 Å². The van der Waals surface area contributed by atoms with Gasteiger partial charge in [-0.1, -0.05) is 29.8 Å². The van der Waals surface area contributed by atoms with Crippen LogP contribution in [0.5, 0.6) is 0 Å². The lowest BCUT2D eigenvalue weighted by molar-refractivity contribution is -0.233. The fraction of sp³-hybridized carbons (Fsp3) is 0.308. The van der Waals surface area contributed by atoms with Crippen molar-refractivity contribution >= 4 is 5.97 Å². The fourth-order valence-corrected chi connectivity index (χ4v) is 1.64. The molecule has 0 spiro atoms. The number of nitrogens with zero attached hydrogens (tertiary/aromatic N) is 2. The summed E-state index contributed by atoms with van der Waals surface area (Å²) in [5.41, 5.74) is 1.28. The second-order valence-electron chi connectivity index (χ2n) is 4.51. The first-order chi connectivity index (χ1) is 10.2. The predicted octanol–water partition coefficient (Wildman–Crippen LogP) is 2.68. The molecule has 1 heterocycles. The Balaban J connectivity index is 2.38. The lowest BCUT2D eigenvalue weighted by Gasteiger charge is -2.21. The quantitative estimate of drug-likeness (QED) is 0.695. The molecule has 0 aliphatic heterocycles. The van der Waals surface area contributed by atoms with Gasteiger partial charge in [0, 0.05) is 5.56 Å². The van der Waals surface area contributed by atoms with E-state index in [4.69, 9.17) is 0 Å². The Morgan fingerprint density at radius 3 is 2.32 bits per heavy atom. The number of halogens is 4. The highest BCUT2D eigenvalue weighted by Gasteiger charge is 2.66. The van der Waals surface area contributed by atoms with Crippen molar-refractivity contribution in [2.45, 2.75) is 18.8 Å². The molecular weight excluding hydrogens is 306 g/mol. The minimum absolute atomic E-state index is 0.185. The second kappa shape index (κ2) is 5.39. The first kappa shape index (κ1) is 15.9. The summed E-state index contributed by atoms with van der Waals surface area (Å²) in [6.45, 7) is 1.82. The lowest BCUT2D eigenvalue weighted by atomic mass is 10.1. The van der Waals surface area contributed by atoms with Gasteiger partial charge in [-0.05, 0) is 6.92 Å². The van der Waals surface area contributed by atoms with E-state index >= 15 is 0 Å². The summed E-state index contributed by atoms with van der Waals surface area (Å²) < 4.78 is 58.1. The zero-order chi connectivity index (χ0) is 16.5. The van der Waals surface area contributed by atoms with Crippen LogP contribution in [0, 0.1) is 6.92 Å². The fourth-order valence-electron chi connectivity index (χ4n) is 1.64. The van der Waals surface area contributed by atoms with Gasteiger partial charge in [-0.25, -0.2) is 9.78 Å². The van der Waals surface area contributed by atoms with Crippen molar-refractivity contribution in [1.29, 1.82) is 0 Å². The molecule has 2 aromatic rings. The van der Waals surface area contributed by atoms with Crippen molar-refractivity contribution in [2.75, 3.05) is 7.11 Å². The number of carbonyl (C=O) groups is 1. The monoisotopic (exact) mass is 317 g/mol. The van der Waals surface area contributed by atoms with Crippen molar-refractivity contribution in [1.82, 2.24) is 15.2 Å². The van der Waals surface area contributed by atoms with E-state index in [0.717, 1.165) is 5.56 Å². The molecule has 0 saturated heterocycles. The smallest absolute Gasteiger partial charge is 0.412 e. The minimum Gasteiger partial charge on any atom is -0.464 e. The summed E-state index contributed by atoms with van der Waals surface area (Å²) in [5, 5.41) is 5.22.